The number of halogens is 1. The summed E-state index contributed by atoms with van der Waals surface area (Å²) < 4.78 is 0. The monoisotopic (exact) mass is 331 g/mol. The number of nitrogens with zero attached hydrogens (tertiary/aromatic N) is 1. The molecule has 1 heterocycles. The maximum atomic E-state index is 3.59. The maximum absolute atomic E-state index is 3.59. The summed E-state index contributed by atoms with van der Waals surface area (Å²) in [4.78, 5) is 2.72. The molecule has 1 saturated heterocycles. The van der Waals surface area contributed by atoms with Gasteiger partial charge in [0.25, 0.3) is 0 Å². The van der Waals surface area contributed by atoms with E-state index in [0.29, 0.717) is 0 Å². The minimum atomic E-state index is 0.960. The van der Waals surface area contributed by atoms with Crippen LogP contribution in [0.1, 0.15) is 77.6 Å². The molecular formula is C17H34BrN. The van der Waals surface area contributed by atoms with Crippen molar-refractivity contribution in [3.63, 3.8) is 0 Å². The topological polar surface area (TPSA) is 3.24 Å². The van der Waals surface area contributed by atoms with Crippen molar-refractivity contribution >= 4 is 15.9 Å². The van der Waals surface area contributed by atoms with E-state index in [1.165, 1.54) is 95.6 Å². The zero-order valence-corrected chi connectivity index (χ0v) is 14.6. The van der Waals surface area contributed by atoms with E-state index >= 15 is 0 Å². The molecule has 0 amide bonds. The fraction of sp³-hybridized carbons (Fsp3) is 1.00. The van der Waals surface area contributed by atoms with Crippen LogP contribution in [0.15, 0.2) is 0 Å². The maximum Gasteiger partial charge on any atom is 0.00344 e. The Balaban J connectivity index is 1.91. The average molecular weight is 332 g/mol. The highest BCUT2D eigenvalue weighted by molar-refractivity contribution is 9.09. The van der Waals surface area contributed by atoms with E-state index in [4.69, 9.17) is 0 Å². The van der Waals surface area contributed by atoms with Crippen LogP contribution in [0.5, 0.6) is 0 Å². The highest BCUT2D eigenvalue weighted by atomic mass is 79.9. The Kier molecular flexibility index (Phi) is 11.2. The molecule has 0 saturated carbocycles. The minimum absolute atomic E-state index is 0.960. The van der Waals surface area contributed by atoms with Crippen molar-refractivity contribution in [2.75, 3.05) is 25.0 Å². The van der Waals surface area contributed by atoms with Gasteiger partial charge in [0, 0.05) is 11.9 Å². The van der Waals surface area contributed by atoms with Gasteiger partial charge in [0.1, 0.15) is 0 Å². The van der Waals surface area contributed by atoms with Crippen molar-refractivity contribution < 1.29 is 0 Å². The highest BCUT2D eigenvalue weighted by Gasteiger charge is 2.18. The van der Waals surface area contributed by atoms with E-state index in [2.05, 4.69) is 27.8 Å². The quantitative estimate of drug-likeness (QED) is 0.350. The van der Waals surface area contributed by atoms with Crippen molar-refractivity contribution in [3.05, 3.63) is 0 Å². The first-order chi connectivity index (χ1) is 9.36. The van der Waals surface area contributed by atoms with Crippen LogP contribution in [0.4, 0.5) is 0 Å². The number of hydrogen-bond donors (Lipinski definition) is 0. The number of unbranched alkanes of at least 4 members (excludes halogenated alkanes) is 7. The summed E-state index contributed by atoms with van der Waals surface area (Å²) >= 11 is 3.59. The van der Waals surface area contributed by atoms with Crippen molar-refractivity contribution in [3.8, 4) is 0 Å². The molecule has 1 aliphatic rings. The molecule has 19 heavy (non-hydrogen) atoms. The molecular weight excluding hydrogens is 298 g/mol. The fourth-order valence-electron chi connectivity index (χ4n) is 3.21. The lowest BCUT2D eigenvalue weighted by Gasteiger charge is -2.32. The van der Waals surface area contributed by atoms with Crippen molar-refractivity contribution in [1.82, 2.24) is 4.90 Å². The van der Waals surface area contributed by atoms with Crippen LogP contribution in [-0.4, -0.2) is 29.9 Å². The Morgan fingerprint density at radius 3 is 2.37 bits per heavy atom. The summed E-state index contributed by atoms with van der Waals surface area (Å²) in [7, 11) is 0. The lowest BCUT2D eigenvalue weighted by Crippen LogP contribution is -2.36. The van der Waals surface area contributed by atoms with E-state index in [1.807, 2.05) is 0 Å². The molecule has 1 atom stereocenters. The van der Waals surface area contributed by atoms with Gasteiger partial charge in [-0.15, -0.1) is 0 Å². The number of hydrogen-bond acceptors (Lipinski definition) is 1. The first-order valence-electron chi connectivity index (χ1n) is 8.65. The molecule has 0 aromatic heterocycles. The predicted molar refractivity (Wildman–Crippen MR) is 90.2 cm³/mol. The first-order valence-corrected chi connectivity index (χ1v) is 9.77. The molecule has 1 rings (SSSR count). The fourth-order valence-corrected chi connectivity index (χ4v) is 3.86. The first kappa shape index (κ1) is 17.5. The molecule has 1 unspecified atom stereocenters. The summed E-state index contributed by atoms with van der Waals surface area (Å²) in [5.41, 5.74) is 0. The molecule has 1 nitrogen and oxygen atoms in total. The van der Waals surface area contributed by atoms with Gasteiger partial charge in [-0.05, 0) is 44.7 Å². The summed E-state index contributed by atoms with van der Waals surface area (Å²) in [6.45, 7) is 6.37. The van der Waals surface area contributed by atoms with E-state index in [-0.39, 0.29) is 0 Å². The smallest absolute Gasteiger partial charge is 0.00344 e. The van der Waals surface area contributed by atoms with Gasteiger partial charge in [0.2, 0.25) is 0 Å². The summed E-state index contributed by atoms with van der Waals surface area (Å²) in [6, 6.07) is 0. The second kappa shape index (κ2) is 12.2. The lowest BCUT2D eigenvalue weighted by atomic mass is 9.95. The van der Waals surface area contributed by atoms with E-state index in [9.17, 15) is 0 Å². The van der Waals surface area contributed by atoms with Gasteiger partial charge < -0.3 is 4.90 Å². The molecule has 0 spiro atoms. The van der Waals surface area contributed by atoms with Gasteiger partial charge in [-0.25, -0.2) is 0 Å². The molecule has 2 heteroatoms. The second-order valence-corrected chi connectivity index (χ2v) is 7.05. The number of piperidine rings is 1. The molecule has 0 radical (unpaired) electrons. The second-order valence-electron chi connectivity index (χ2n) is 6.26. The molecule has 0 N–H and O–H groups in total. The summed E-state index contributed by atoms with van der Waals surface area (Å²) in [5, 5.41) is 1.18. The largest absolute Gasteiger partial charge is 0.303 e. The Bertz CT molecular complexity index is 194. The van der Waals surface area contributed by atoms with Gasteiger partial charge >= 0.3 is 0 Å². The van der Waals surface area contributed by atoms with E-state index in [1.54, 1.807) is 0 Å². The molecule has 0 bridgehead atoms. The van der Waals surface area contributed by atoms with Gasteiger partial charge in [0.15, 0.2) is 0 Å². The standard InChI is InChI=1S/C17H34BrN/c1-2-3-4-5-6-7-8-9-14-19-15-10-11-17(16-19)12-13-18/h17H,2-16H2,1H3. The molecule has 0 aliphatic carbocycles. The Morgan fingerprint density at radius 2 is 1.68 bits per heavy atom. The number of alkyl halides is 1. The van der Waals surface area contributed by atoms with Crippen LogP contribution in [0.3, 0.4) is 0 Å². The highest BCUT2D eigenvalue weighted by Crippen LogP contribution is 2.20. The van der Waals surface area contributed by atoms with Crippen LogP contribution in [0, 0.1) is 5.92 Å². The normalized spacial score (nSPS) is 20.8. The minimum Gasteiger partial charge on any atom is -0.303 e. The van der Waals surface area contributed by atoms with E-state index < -0.39 is 0 Å². The molecule has 1 fully saturated rings. The third kappa shape index (κ3) is 9.07. The molecule has 114 valence electrons. The van der Waals surface area contributed by atoms with E-state index in [0.717, 1.165) is 5.92 Å². The summed E-state index contributed by atoms with van der Waals surface area (Å²) in [5.74, 6) is 0.960. The van der Waals surface area contributed by atoms with Gasteiger partial charge in [-0.1, -0.05) is 67.8 Å². The van der Waals surface area contributed by atoms with Crippen LogP contribution >= 0.6 is 15.9 Å². The zero-order chi connectivity index (χ0) is 13.8. The average Bonchev–Trinajstić information content (AvgIpc) is 2.43. The van der Waals surface area contributed by atoms with Crippen LogP contribution in [0.25, 0.3) is 0 Å². The Labute approximate surface area is 129 Å². The zero-order valence-electron chi connectivity index (χ0n) is 13.0. The van der Waals surface area contributed by atoms with Gasteiger partial charge in [0.05, 0.1) is 0 Å². The number of likely N-dealkylation sites (tertiary alicyclic amines) is 1. The summed E-state index contributed by atoms with van der Waals surface area (Å²) in [6.07, 6.45) is 15.8. The SMILES string of the molecule is CCCCCCCCCCN1CCCC(CCBr)C1. The van der Waals surface area contributed by atoms with Crippen molar-refractivity contribution in [1.29, 1.82) is 0 Å². The van der Waals surface area contributed by atoms with Gasteiger partial charge in [-0.3, -0.25) is 0 Å². The third-order valence-electron chi connectivity index (χ3n) is 4.45. The van der Waals surface area contributed by atoms with Crippen molar-refractivity contribution in [2.24, 2.45) is 5.92 Å². The molecule has 0 aromatic carbocycles. The lowest BCUT2D eigenvalue weighted by molar-refractivity contribution is 0.169. The predicted octanol–water partition coefficient (Wildman–Crippen LogP) is 5.62. The van der Waals surface area contributed by atoms with Crippen molar-refractivity contribution in [2.45, 2.75) is 77.6 Å². The van der Waals surface area contributed by atoms with Crippen LogP contribution < -0.4 is 0 Å². The van der Waals surface area contributed by atoms with Crippen LogP contribution in [-0.2, 0) is 0 Å². The molecule has 0 aromatic rings. The number of rotatable bonds is 11. The Morgan fingerprint density at radius 1 is 1.00 bits per heavy atom. The third-order valence-corrected chi connectivity index (χ3v) is 4.91. The van der Waals surface area contributed by atoms with Crippen LogP contribution in [0.2, 0.25) is 0 Å². The molecule has 1 aliphatic heterocycles. The Hall–Kier alpha value is 0.440. The van der Waals surface area contributed by atoms with Gasteiger partial charge in [-0.2, -0.15) is 0 Å².